The predicted octanol–water partition coefficient (Wildman–Crippen LogP) is 2.10. The minimum absolute atomic E-state index is 0.0491. The zero-order valence-corrected chi connectivity index (χ0v) is 14.5. The van der Waals surface area contributed by atoms with Gasteiger partial charge in [0, 0.05) is 17.3 Å². The molecule has 0 bridgehead atoms. The molecule has 0 atom stereocenters. The van der Waals surface area contributed by atoms with Crippen molar-refractivity contribution in [2.24, 2.45) is 0 Å². The highest BCUT2D eigenvalue weighted by Crippen LogP contribution is 2.21. The van der Waals surface area contributed by atoms with Crippen molar-refractivity contribution < 1.29 is 9.53 Å². The molecular formula is C17H19N3O3S. The fraction of sp³-hybridized carbons (Fsp3) is 0.353. The third-order valence-corrected chi connectivity index (χ3v) is 4.67. The van der Waals surface area contributed by atoms with Gasteiger partial charge < -0.3 is 10.1 Å². The molecule has 1 N–H and O–H groups in total. The van der Waals surface area contributed by atoms with E-state index in [9.17, 15) is 9.59 Å². The van der Waals surface area contributed by atoms with Gasteiger partial charge in [0.2, 0.25) is 5.91 Å². The Labute approximate surface area is 144 Å². The van der Waals surface area contributed by atoms with Gasteiger partial charge in [0.1, 0.15) is 12.3 Å². The van der Waals surface area contributed by atoms with Crippen molar-refractivity contribution in [3.63, 3.8) is 0 Å². The van der Waals surface area contributed by atoms with Gasteiger partial charge in [-0.1, -0.05) is 17.8 Å². The molecule has 0 spiro atoms. The van der Waals surface area contributed by atoms with Crippen LogP contribution in [0.25, 0.3) is 0 Å². The number of fused-ring (bicyclic) bond motifs is 1. The number of ether oxygens (including phenoxy) is 1. The van der Waals surface area contributed by atoms with E-state index < -0.39 is 0 Å². The summed E-state index contributed by atoms with van der Waals surface area (Å²) >= 11 is 1.38. The Morgan fingerprint density at radius 2 is 2.25 bits per heavy atom. The second kappa shape index (κ2) is 7.09. The first kappa shape index (κ1) is 16.6. The first-order valence-corrected chi connectivity index (χ1v) is 8.95. The van der Waals surface area contributed by atoms with Crippen molar-refractivity contribution in [1.29, 1.82) is 0 Å². The molecule has 1 aromatic heterocycles. The van der Waals surface area contributed by atoms with Crippen LogP contribution in [-0.4, -0.2) is 28.8 Å². The molecule has 1 aliphatic carbocycles. The summed E-state index contributed by atoms with van der Waals surface area (Å²) in [6, 6.07) is 7.11. The summed E-state index contributed by atoms with van der Waals surface area (Å²) in [6.45, 7) is -0.0491. The maximum Gasteiger partial charge on any atom is 0.258 e. The number of benzene rings is 1. The topological polar surface area (TPSA) is 73.2 Å². The molecule has 1 aromatic carbocycles. The molecule has 7 heteroatoms. The number of aryl methyl sites for hydroxylation is 1. The molecule has 6 nitrogen and oxygen atoms in total. The standard InChI is InChI=1S/C17H19N3O3S/c1-23-12-6-3-5-11(9-12)18-15(21)10-20-16(22)13-7-4-8-14(13)19-17(20)24-2/h3,5-6,9H,4,7-8,10H2,1-2H3,(H,18,21). The maximum atomic E-state index is 12.6. The Balaban J connectivity index is 1.83. The van der Waals surface area contributed by atoms with E-state index in [4.69, 9.17) is 4.74 Å². The van der Waals surface area contributed by atoms with Gasteiger partial charge >= 0.3 is 0 Å². The molecule has 2 aromatic rings. The lowest BCUT2D eigenvalue weighted by Crippen LogP contribution is -2.31. The highest BCUT2D eigenvalue weighted by Gasteiger charge is 2.21. The fourth-order valence-corrected chi connectivity index (χ4v) is 3.42. The maximum absolute atomic E-state index is 12.6. The van der Waals surface area contributed by atoms with E-state index >= 15 is 0 Å². The first-order valence-electron chi connectivity index (χ1n) is 7.73. The average molecular weight is 345 g/mol. The molecule has 3 rings (SSSR count). The summed E-state index contributed by atoms with van der Waals surface area (Å²) in [5, 5.41) is 3.38. The SMILES string of the molecule is COc1cccc(NC(=O)Cn2c(SC)nc3c(c2=O)CCC3)c1. The summed E-state index contributed by atoms with van der Waals surface area (Å²) in [6.07, 6.45) is 4.40. The number of carbonyl (C=O) groups is 1. The highest BCUT2D eigenvalue weighted by molar-refractivity contribution is 7.98. The molecule has 0 aliphatic heterocycles. The molecule has 1 aliphatic rings. The van der Waals surface area contributed by atoms with E-state index in [0.29, 0.717) is 16.6 Å². The van der Waals surface area contributed by atoms with Crippen LogP contribution >= 0.6 is 11.8 Å². The van der Waals surface area contributed by atoms with Crippen LogP contribution in [0.15, 0.2) is 34.2 Å². The molecular weight excluding hydrogens is 326 g/mol. The molecule has 1 heterocycles. The monoisotopic (exact) mass is 345 g/mol. The Morgan fingerprint density at radius 3 is 3.00 bits per heavy atom. The number of rotatable bonds is 5. The highest BCUT2D eigenvalue weighted by atomic mass is 32.2. The van der Waals surface area contributed by atoms with Crippen LogP contribution in [0.4, 0.5) is 5.69 Å². The second-order valence-corrected chi connectivity index (χ2v) is 6.32. The van der Waals surface area contributed by atoms with Crippen LogP contribution in [-0.2, 0) is 24.2 Å². The number of thioether (sulfide) groups is 1. The smallest absolute Gasteiger partial charge is 0.258 e. The second-order valence-electron chi connectivity index (χ2n) is 5.55. The third-order valence-electron chi connectivity index (χ3n) is 3.99. The molecule has 0 unspecified atom stereocenters. The Morgan fingerprint density at radius 1 is 1.42 bits per heavy atom. The minimum Gasteiger partial charge on any atom is -0.497 e. The fourth-order valence-electron chi connectivity index (χ4n) is 2.85. The minimum atomic E-state index is -0.264. The van der Waals surface area contributed by atoms with Crippen LogP contribution in [0.5, 0.6) is 5.75 Å². The molecule has 0 radical (unpaired) electrons. The Hall–Kier alpha value is -2.28. The van der Waals surface area contributed by atoms with Gasteiger partial charge in [0.15, 0.2) is 5.16 Å². The lowest BCUT2D eigenvalue weighted by molar-refractivity contribution is -0.116. The van der Waals surface area contributed by atoms with Gasteiger partial charge in [-0.2, -0.15) is 0 Å². The molecule has 0 saturated carbocycles. The van der Waals surface area contributed by atoms with Crippen molar-refractivity contribution in [1.82, 2.24) is 9.55 Å². The molecule has 24 heavy (non-hydrogen) atoms. The average Bonchev–Trinajstić information content (AvgIpc) is 3.06. The van der Waals surface area contributed by atoms with Crippen molar-refractivity contribution in [3.05, 3.63) is 45.9 Å². The van der Waals surface area contributed by atoms with Crippen LogP contribution in [0.3, 0.4) is 0 Å². The van der Waals surface area contributed by atoms with E-state index in [-0.39, 0.29) is 18.0 Å². The predicted molar refractivity (Wildman–Crippen MR) is 93.9 cm³/mol. The summed E-state index contributed by atoms with van der Waals surface area (Å²) in [5.41, 5.74) is 2.17. The lowest BCUT2D eigenvalue weighted by Gasteiger charge is -2.13. The van der Waals surface area contributed by atoms with Gasteiger partial charge in [-0.05, 0) is 37.7 Å². The van der Waals surface area contributed by atoms with E-state index in [1.807, 2.05) is 6.26 Å². The summed E-state index contributed by atoms with van der Waals surface area (Å²) in [4.78, 5) is 29.5. The van der Waals surface area contributed by atoms with Crippen LogP contribution in [0.2, 0.25) is 0 Å². The molecule has 126 valence electrons. The van der Waals surface area contributed by atoms with Crippen LogP contribution in [0.1, 0.15) is 17.7 Å². The van der Waals surface area contributed by atoms with E-state index in [2.05, 4.69) is 10.3 Å². The zero-order valence-electron chi connectivity index (χ0n) is 13.7. The van der Waals surface area contributed by atoms with Crippen molar-refractivity contribution >= 4 is 23.4 Å². The number of hydrogen-bond acceptors (Lipinski definition) is 5. The zero-order chi connectivity index (χ0) is 17.1. The van der Waals surface area contributed by atoms with Gasteiger partial charge in [0.25, 0.3) is 5.56 Å². The summed E-state index contributed by atoms with van der Waals surface area (Å²) in [7, 11) is 1.57. The van der Waals surface area contributed by atoms with Crippen molar-refractivity contribution in [3.8, 4) is 5.75 Å². The molecule has 0 saturated heterocycles. The number of methoxy groups -OCH3 is 1. The quantitative estimate of drug-likeness (QED) is 0.664. The summed E-state index contributed by atoms with van der Waals surface area (Å²) in [5.74, 6) is 0.398. The number of amides is 1. The van der Waals surface area contributed by atoms with E-state index in [0.717, 1.165) is 30.5 Å². The van der Waals surface area contributed by atoms with Gasteiger partial charge in [-0.3, -0.25) is 14.2 Å². The van der Waals surface area contributed by atoms with Gasteiger partial charge in [0.05, 0.1) is 12.8 Å². The number of nitrogens with zero attached hydrogens (tertiary/aromatic N) is 2. The van der Waals surface area contributed by atoms with Crippen molar-refractivity contribution in [2.45, 2.75) is 31.0 Å². The first-order chi connectivity index (χ1) is 11.6. The van der Waals surface area contributed by atoms with Crippen molar-refractivity contribution in [2.75, 3.05) is 18.7 Å². The Bertz CT molecular complexity index is 832. The number of nitrogens with one attached hydrogen (secondary N) is 1. The number of aromatic nitrogens is 2. The largest absolute Gasteiger partial charge is 0.497 e. The lowest BCUT2D eigenvalue weighted by atomic mass is 10.2. The molecule has 1 amide bonds. The summed E-state index contributed by atoms with van der Waals surface area (Å²) < 4.78 is 6.60. The van der Waals surface area contributed by atoms with E-state index in [1.165, 1.54) is 16.3 Å². The number of anilines is 1. The van der Waals surface area contributed by atoms with Crippen LogP contribution < -0.4 is 15.6 Å². The third kappa shape index (κ3) is 3.31. The Kier molecular flexibility index (Phi) is 4.89. The van der Waals surface area contributed by atoms with Gasteiger partial charge in [-0.15, -0.1) is 0 Å². The van der Waals surface area contributed by atoms with Crippen LogP contribution in [0, 0.1) is 0 Å². The number of hydrogen-bond donors (Lipinski definition) is 1. The normalized spacial score (nSPS) is 12.8. The number of carbonyl (C=O) groups excluding carboxylic acids is 1. The molecule has 0 fully saturated rings. The van der Waals surface area contributed by atoms with Gasteiger partial charge in [-0.25, -0.2) is 4.98 Å². The van der Waals surface area contributed by atoms with E-state index in [1.54, 1.807) is 31.4 Å².